The number of hydrogen-bond donors (Lipinski definition) is 2. The van der Waals surface area contributed by atoms with Crippen molar-refractivity contribution < 1.29 is 29.0 Å². The van der Waals surface area contributed by atoms with E-state index in [1.807, 2.05) is 89.8 Å². The molecule has 0 aromatic heterocycles. The lowest BCUT2D eigenvalue weighted by Crippen LogP contribution is -2.54. The van der Waals surface area contributed by atoms with Crippen LogP contribution in [-0.2, 0) is 40.4 Å². The average molecular weight is 876 g/mol. The maximum atomic E-state index is 14.2. The lowest BCUT2D eigenvalue weighted by Gasteiger charge is -2.38. The maximum Gasteiger partial charge on any atom is 0.326 e. The fourth-order valence-corrected chi connectivity index (χ4v) is 8.02. The van der Waals surface area contributed by atoms with E-state index in [0.29, 0.717) is 44.9 Å². The molecule has 314 valence electrons. The molecule has 0 saturated carbocycles. The van der Waals surface area contributed by atoms with E-state index in [-0.39, 0.29) is 31.9 Å². The molecule has 3 atom stereocenters. The normalized spacial score (nSPS) is 16.0. The summed E-state index contributed by atoms with van der Waals surface area (Å²) in [6.45, 7) is 0.847. The van der Waals surface area contributed by atoms with Crippen LogP contribution in [0.4, 0.5) is 5.69 Å². The van der Waals surface area contributed by atoms with Gasteiger partial charge in [-0.3, -0.25) is 14.5 Å². The smallest absolute Gasteiger partial charge is 0.326 e. The number of aliphatic carboxylic acids is 1. The number of ether oxygens (including phenoxy) is 2. The van der Waals surface area contributed by atoms with E-state index in [1.54, 1.807) is 60.5 Å². The lowest BCUT2D eigenvalue weighted by molar-refractivity contribution is -0.142. The number of hydrogen-bond acceptors (Lipinski definition) is 7. The average Bonchev–Trinajstić information content (AvgIpc) is 3.30. The Hall–Kier alpha value is -7.08. The van der Waals surface area contributed by atoms with Crippen molar-refractivity contribution in [2.75, 3.05) is 18.5 Å². The first kappa shape index (κ1) is 42.6. The summed E-state index contributed by atoms with van der Waals surface area (Å²) in [4.78, 5) is 44.2. The van der Waals surface area contributed by atoms with Gasteiger partial charge in [0.2, 0.25) is 12.0 Å². The van der Waals surface area contributed by atoms with E-state index in [0.717, 1.165) is 38.9 Å². The first-order valence-corrected chi connectivity index (χ1v) is 21.0. The Morgan fingerprint density at radius 2 is 1.56 bits per heavy atom. The van der Waals surface area contributed by atoms with Gasteiger partial charge < -0.3 is 24.8 Å². The van der Waals surface area contributed by atoms with Crippen LogP contribution >= 0.6 is 23.2 Å². The summed E-state index contributed by atoms with van der Waals surface area (Å²) >= 11 is 12.2. The van der Waals surface area contributed by atoms with E-state index >= 15 is 0 Å². The van der Waals surface area contributed by atoms with E-state index in [4.69, 9.17) is 37.9 Å². The Morgan fingerprint density at radius 3 is 2.24 bits per heavy atom. The van der Waals surface area contributed by atoms with Gasteiger partial charge in [0.25, 0.3) is 5.91 Å². The number of carboxylic acid groups (broad SMARTS) is 1. The Labute approximate surface area is 375 Å². The predicted molar refractivity (Wildman–Crippen MR) is 242 cm³/mol. The van der Waals surface area contributed by atoms with Crippen molar-refractivity contribution in [2.45, 2.75) is 44.2 Å². The number of carbonyl (C=O) groups excluding carboxylic acids is 2. The quantitative estimate of drug-likeness (QED) is 0.124. The summed E-state index contributed by atoms with van der Waals surface area (Å²) < 4.78 is 12.4. The molecule has 6 aromatic rings. The number of carbonyl (C=O) groups is 3. The third-order valence-corrected chi connectivity index (χ3v) is 11.9. The molecule has 2 aliphatic heterocycles. The van der Waals surface area contributed by atoms with Crippen molar-refractivity contribution in [3.05, 3.63) is 182 Å². The fourth-order valence-electron chi connectivity index (χ4n) is 7.69. The summed E-state index contributed by atoms with van der Waals surface area (Å²) in [6, 6.07) is 40.7. The summed E-state index contributed by atoms with van der Waals surface area (Å²) in [5.41, 5.74) is 7.81. The molecule has 8 rings (SSSR count). The van der Waals surface area contributed by atoms with Gasteiger partial charge in [0.05, 0.1) is 40.0 Å². The Bertz CT molecular complexity index is 2780. The van der Waals surface area contributed by atoms with Crippen molar-refractivity contribution in [1.82, 2.24) is 10.2 Å². The molecule has 63 heavy (non-hydrogen) atoms. The predicted octanol–water partition coefficient (Wildman–Crippen LogP) is 8.80. The van der Waals surface area contributed by atoms with Crippen LogP contribution in [0.25, 0.3) is 11.1 Å². The van der Waals surface area contributed by atoms with Crippen molar-refractivity contribution in [3.8, 4) is 40.5 Å². The fraction of sp³-hybridized carbons (Fsp3) is 0.176. The van der Waals surface area contributed by atoms with Crippen molar-refractivity contribution in [1.29, 1.82) is 5.26 Å². The van der Waals surface area contributed by atoms with Crippen LogP contribution in [0.5, 0.6) is 11.5 Å². The monoisotopic (exact) mass is 874 g/mol. The van der Waals surface area contributed by atoms with Crippen LogP contribution in [0.2, 0.25) is 10.0 Å². The number of likely N-dealkylation sites (N-methyl/N-ethyl adjacent to an activating group) is 1. The first-order chi connectivity index (χ1) is 30.5. The maximum absolute atomic E-state index is 14.2. The number of amides is 2. The van der Waals surface area contributed by atoms with Gasteiger partial charge in [0, 0.05) is 31.1 Å². The van der Waals surface area contributed by atoms with Gasteiger partial charge in [0.15, 0.2) is 0 Å². The largest absolute Gasteiger partial charge is 0.489 e. The molecule has 0 saturated heterocycles. The van der Waals surface area contributed by atoms with E-state index in [9.17, 15) is 19.5 Å². The highest BCUT2D eigenvalue weighted by molar-refractivity contribution is 6.42. The molecule has 2 amide bonds. The molecule has 2 aliphatic rings. The molecule has 0 fully saturated rings. The first-order valence-electron chi connectivity index (χ1n) is 20.2. The van der Waals surface area contributed by atoms with Crippen LogP contribution < -0.4 is 19.7 Å². The molecule has 2 heterocycles. The second kappa shape index (κ2) is 18.9. The van der Waals surface area contributed by atoms with Crippen LogP contribution in [-0.4, -0.2) is 53.5 Å². The van der Waals surface area contributed by atoms with Gasteiger partial charge >= 0.3 is 5.97 Å². The minimum atomic E-state index is -1.20. The number of anilines is 1. The van der Waals surface area contributed by atoms with Crippen molar-refractivity contribution in [3.63, 3.8) is 0 Å². The highest BCUT2D eigenvalue weighted by Gasteiger charge is 2.38. The number of nitrogens with zero attached hydrogens (tertiary/aromatic N) is 3. The van der Waals surface area contributed by atoms with E-state index < -0.39 is 30.1 Å². The van der Waals surface area contributed by atoms with Gasteiger partial charge in [-0.15, -0.1) is 0 Å². The SMILES string of the molecule is CN1C(=O)C(c2ccc(OCc3ccc(Cl)c(Cl)c3)cc2)Oc2cc3c(cc21)C[C@@H](C(=O)N[C@@H](Cc1ccc(-c2ccc(C#N)cc2)cc1)C(=O)O)N(CC#Cc1ccccc1)C3. The second-order valence-electron chi connectivity index (χ2n) is 15.4. The topological polar surface area (TPSA) is 132 Å². The highest BCUT2D eigenvalue weighted by Crippen LogP contribution is 2.42. The van der Waals surface area contributed by atoms with Crippen LogP contribution in [0.3, 0.4) is 0 Å². The lowest BCUT2D eigenvalue weighted by atomic mass is 9.91. The van der Waals surface area contributed by atoms with Crippen LogP contribution in [0.15, 0.2) is 133 Å². The molecule has 0 bridgehead atoms. The van der Waals surface area contributed by atoms with E-state index in [2.05, 4.69) is 23.2 Å². The number of nitrogens with one attached hydrogen (secondary N) is 1. The standard InChI is InChI=1S/C51H40Cl2N4O6/c1-56-45-26-39-27-46(49(58)55-44(51(60)61)25-33-9-14-36(15-10-33)37-16-11-34(29-54)12-17-37)57(23-5-8-32-6-3-2-4-7-32)30-40(39)28-47(45)63-48(50(56)59)38-18-20-41(21-19-38)62-31-35-13-22-42(52)43(53)24-35/h2-4,6-7,9-22,24,26,28,44,46,48H,23,25,27,30-31H2,1H3,(H,55,58)(H,60,61)/t44-,46-,48?/m0/s1. The summed E-state index contributed by atoms with van der Waals surface area (Å²) in [5, 5.41) is 23.2. The zero-order valence-corrected chi connectivity index (χ0v) is 35.6. The number of benzene rings is 6. The third kappa shape index (κ3) is 9.86. The summed E-state index contributed by atoms with van der Waals surface area (Å²) in [6.07, 6.45) is -0.582. The van der Waals surface area contributed by atoms with Crippen molar-refractivity contribution >= 4 is 46.7 Å². The number of rotatable bonds is 11. The van der Waals surface area contributed by atoms with Crippen LogP contribution in [0, 0.1) is 23.2 Å². The zero-order chi connectivity index (χ0) is 44.0. The minimum absolute atomic E-state index is 0.0687. The van der Waals surface area contributed by atoms with Crippen molar-refractivity contribution in [2.24, 2.45) is 0 Å². The number of nitriles is 1. The Morgan fingerprint density at radius 1 is 0.857 bits per heavy atom. The molecule has 12 heteroatoms. The van der Waals surface area contributed by atoms with Crippen LogP contribution in [0.1, 0.15) is 45.0 Å². The molecule has 0 radical (unpaired) electrons. The molecule has 0 spiro atoms. The molecular weight excluding hydrogens is 835 g/mol. The van der Waals surface area contributed by atoms with Gasteiger partial charge in [-0.2, -0.15) is 5.26 Å². The third-order valence-electron chi connectivity index (χ3n) is 11.2. The zero-order valence-electron chi connectivity index (χ0n) is 34.1. The van der Waals surface area contributed by atoms with Gasteiger partial charge in [0.1, 0.15) is 24.1 Å². The molecule has 0 aliphatic carbocycles. The molecule has 1 unspecified atom stereocenters. The number of carboxylic acids is 1. The second-order valence-corrected chi connectivity index (χ2v) is 16.2. The molecule has 2 N–H and O–H groups in total. The minimum Gasteiger partial charge on any atom is -0.489 e. The Kier molecular flexibility index (Phi) is 12.8. The molecular formula is C51H40Cl2N4O6. The Balaban J connectivity index is 0.997. The van der Waals surface area contributed by atoms with E-state index in [1.165, 1.54) is 0 Å². The number of fused-ring (bicyclic) bond motifs is 2. The summed E-state index contributed by atoms with van der Waals surface area (Å²) in [7, 11) is 1.70. The molecule has 10 nitrogen and oxygen atoms in total. The molecule has 6 aromatic carbocycles. The highest BCUT2D eigenvalue weighted by atomic mass is 35.5. The van der Waals surface area contributed by atoms with Gasteiger partial charge in [-0.25, -0.2) is 4.79 Å². The number of halogens is 2. The van der Waals surface area contributed by atoms with Gasteiger partial charge in [-0.1, -0.05) is 108 Å². The van der Waals surface area contributed by atoms with Gasteiger partial charge in [-0.05, 0) is 100 Å². The summed E-state index contributed by atoms with van der Waals surface area (Å²) in [5.74, 6) is 5.67.